The molecule has 0 saturated carbocycles. The largest absolute Gasteiger partial charge is 0.505 e. The molecule has 0 aliphatic rings. The monoisotopic (exact) mass is 1230 g/mol. The number of fused-ring (bicyclic) bond motifs is 5. The van der Waals surface area contributed by atoms with E-state index >= 15 is 0 Å². The van der Waals surface area contributed by atoms with Crippen molar-refractivity contribution < 1.29 is 96.1 Å². The maximum absolute atomic E-state index is 13.2. The molecule has 79 heavy (non-hydrogen) atoms. The molecule has 5 aromatic carbocycles. The van der Waals surface area contributed by atoms with Gasteiger partial charge in [-0.3, -0.25) is 22.6 Å². The molecule has 8 rings (SSSR count). The van der Waals surface area contributed by atoms with Crippen molar-refractivity contribution in [3.05, 3.63) is 83.4 Å². The van der Waals surface area contributed by atoms with Crippen LogP contribution in [0, 0.1) is 25.2 Å². The van der Waals surface area contributed by atoms with Crippen molar-refractivity contribution in [3.8, 4) is 23.4 Å². The van der Waals surface area contributed by atoms with E-state index in [-0.39, 0.29) is 95.2 Å². The Bertz CT molecular complexity index is 4330. The number of nitrogens with zero attached hydrogens (tertiary/aromatic N) is 10. The van der Waals surface area contributed by atoms with Gasteiger partial charge >= 0.3 is 0 Å². The molecule has 0 radical (unpaired) electrons. The number of hydrogen-bond acceptors (Lipinski definition) is 29. The third kappa shape index (κ3) is 14.2. The first kappa shape index (κ1) is 59.6. The first-order valence-corrected chi connectivity index (χ1v) is 29.7. The third-order valence-electron chi connectivity index (χ3n) is 10.3. The molecule has 38 heteroatoms. The van der Waals surface area contributed by atoms with Gasteiger partial charge in [0.25, 0.3) is 40.5 Å². The predicted molar refractivity (Wildman–Crippen MR) is 278 cm³/mol. The Morgan fingerprint density at radius 2 is 1.41 bits per heavy atom. The minimum Gasteiger partial charge on any atom is -0.505 e. The number of aromatic hydroxyl groups is 2. The Hall–Kier alpha value is -7.01. The van der Waals surface area contributed by atoms with Gasteiger partial charge in [0.1, 0.15) is 49.8 Å². The number of ether oxygens (including phenoxy) is 1. The lowest BCUT2D eigenvalue weighted by Gasteiger charge is -2.13. The number of pyridine rings is 1. The highest BCUT2D eigenvalue weighted by Gasteiger charge is 2.27. The highest BCUT2D eigenvalue weighted by atomic mass is 32.2. The average Bonchev–Trinajstić information content (AvgIpc) is 4.09. The van der Waals surface area contributed by atoms with Crippen molar-refractivity contribution in [2.75, 3.05) is 18.6 Å². The molecule has 3 aromatic heterocycles. The molecule has 3 heterocycles. The van der Waals surface area contributed by atoms with Crippen molar-refractivity contribution in [1.29, 1.82) is 5.26 Å². The summed E-state index contributed by atoms with van der Waals surface area (Å²) >= 11 is 1.46. The van der Waals surface area contributed by atoms with Crippen LogP contribution in [0.25, 0.3) is 37.7 Å². The number of aromatic nitrogens is 3. The standard InChI is InChI=1S/C40H30N10O18S6.CH4O3S/c1-18-12-27(29(64-10-5-11-72(55,56)57)16-26(18)45-49-40-43-34-30(69-40)13-20(70-67-65-53)14-32(34)73(58,59)60)46-48-35-31(71-68-66-54)15-22-21(36(35)51)8-9-25(37(22)74(61,62)63)44-47-33-19(2)23(17-41)38-42-24-6-3-4-7-28(24)50(38)39(33)52;1-5(2,3)4/h3-4,6-9,12-16,51-54H,5,10-11H2,1-2H3,(H,55,56,57)(H,58,59,60)(H,61,62,63);1H3,(H,2,3,4). The molecule has 0 fully saturated rings. The maximum atomic E-state index is 13.2. The maximum Gasteiger partial charge on any atom is 0.297 e. The van der Waals surface area contributed by atoms with Crippen molar-refractivity contribution in [2.24, 2.45) is 30.7 Å². The zero-order valence-electron chi connectivity index (χ0n) is 39.7. The smallest absolute Gasteiger partial charge is 0.297 e. The predicted octanol–water partition coefficient (Wildman–Crippen LogP) is 9.91. The number of imidazole rings is 1. The van der Waals surface area contributed by atoms with Gasteiger partial charge in [-0.25, -0.2) is 20.5 Å². The molecule has 31 nitrogen and oxygen atoms in total. The average molecular weight is 1230 g/mol. The number of benzene rings is 5. The van der Waals surface area contributed by atoms with Gasteiger partial charge in [-0.2, -0.15) is 38.9 Å². The molecule has 0 aliphatic heterocycles. The highest BCUT2D eigenvalue weighted by molar-refractivity contribution is 7.95. The number of para-hydroxylation sites is 2. The van der Waals surface area contributed by atoms with E-state index in [0.717, 1.165) is 29.5 Å². The molecule has 8 aromatic rings. The van der Waals surface area contributed by atoms with Gasteiger partial charge in [-0.1, -0.05) is 33.5 Å². The normalized spacial score (nSPS) is 12.7. The summed E-state index contributed by atoms with van der Waals surface area (Å²) in [6.07, 6.45) is 0.492. The Kier molecular flexibility index (Phi) is 18.2. The topological polar surface area (TPSA) is 473 Å². The van der Waals surface area contributed by atoms with Gasteiger partial charge in [0.15, 0.2) is 17.1 Å². The SMILES string of the molecule is CS(=O)(=O)O.Cc1cc(N=Nc2c(SOOO)cc3c(S(=O)(=O)O)c(N=Nc4c(C)c(C#N)c5nc6ccccc6n5c4O)ccc3c2O)c(OCCCS(=O)(=O)O)cc1N=Nc1nc2c(S(=O)(=O)O)cc(SOOO)cc2s1. The summed E-state index contributed by atoms with van der Waals surface area (Å²) < 4.78 is 145. The van der Waals surface area contributed by atoms with Crippen LogP contribution in [0.2, 0.25) is 0 Å². The molecule has 0 aliphatic carbocycles. The van der Waals surface area contributed by atoms with Gasteiger partial charge in [-0.15, -0.1) is 39.4 Å². The van der Waals surface area contributed by atoms with Crippen LogP contribution in [0.15, 0.2) is 117 Å². The Labute approximate surface area is 456 Å². The number of hydrogen-bond donors (Lipinski definition) is 8. The second kappa shape index (κ2) is 24.2. The molecule has 0 atom stereocenters. The lowest BCUT2D eigenvalue weighted by Crippen LogP contribution is -2.08. The van der Waals surface area contributed by atoms with Crippen LogP contribution < -0.4 is 4.74 Å². The third-order valence-corrected chi connectivity index (χ3v) is 15.0. The molecule has 0 bridgehead atoms. The number of phenols is 1. The van der Waals surface area contributed by atoms with Crippen LogP contribution in [0.3, 0.4) is 0 Å². The van der Waals surface area contributed by atoms with Crippen molar-refractivity contribution in [3.63, 3.8) is 0 Å². The van der Waals surface area contributed by atoms with E-state index in [2.05, 4.69) is 59.4 Å². The second-order valence-electron chi connectivity index (χ2n) is 15.7. The lowest BCUT2D eigenvalue weighted by molar-refractivity contribution is -0.432. The second-order valence-corrected chi connectivity index (χ2v) is 24.0. The molecule has 0 saturated heterocycles. The van der Waals surface area contributed by atoms with Crippen LogP contribution in [0.5, 0.6) is 17.4 Å². The summed E-state index contributed by atoms with van der Waals surface area (Å²) in [6.45, 7) is 2.67. The van der Waals surface area contributed by atoms with Gasteiger partial charge < -0.3 is 14.9 Å². The fraction of sp³-hybridized carbons (Fsp3) is 0.146. The van der Waals surface area contributed by atoms with E-state index in [1.807, 2.05) is 6.07 Å². The van der Waals surface area contributed by atoms with E-state index in [4.69, 9.17) is 19.8 Å². The Balaban J connectivity index is 0.00000173. The molecule has 8 N–H and O–H groups in total. The van der Waals surface area contributed by atoms with Gasteiger partial charge in [0.2, 0.25) is 11.0 Å². The summed E-state index contributed by atoms with van der Waals surface area (Å²) in [5.74, 6) is -2.11. The van der Waals surface area contributed by atoms with Crippen LogP contribution in [-0.4, -0.2) is 106 Å². The van der Waals surface area contributed by atoms with Crippen LogP contribution >= 0.6 is 35.4 Å². The minimum atomic E-state index is -5.27. The summed E-state index contributed by atoms with van der Waals surface area (Å²) in [7, 11) is -18.2. The molecule has 0 amide bonds. The number of thiazole rings is 1. The van der Waals surface area contributed by atoms with E-state index in [1.165, 1.54) is 35.6 Å². The quantitative estimate of drug-likeness (QED) is 0.00931. The van der Waals surface area contributed by atoms with Crippen molar-refractivity contribution >= 4 is 147 Å². The lowest BCUT2D eigenvalue weighted by atomic mass is 10.1. The van der Waals surface area contributed by atoms with Gasteiger partial charge in [0.05, 0.1) is 69.0 Å². The Morgan fingerprint density at radius 1 is 0.747 bits per heavy atom. The van der Waals surface area contributed by atoms with E-state index in [0.29, 0.717) is 34.9 Å². The molecule has 416 valence electrons. The summed E-state index contributed by atoms with van der Waals surface area (Å²) in [5, 5.41) is 82.2. The van der Waals surface area contributed by atoms with Crippen LogP contribution in [0.4, 0.5) is 33.6 Å². The molecule has 0 unspecified atom stereocenters. The van der Waals surface area contributed by atoms with Crippen molar-refractivity contribution in [2.45, 2.75) is 39.9 Å². The number of phenolic OH excluding ortho intramolecular Hbond substituents is 1. The first-order chi connectivity index (χ1) is 37.1. The van der Waals surface area contributed by atoms with E-state index in [9.17, 15) is 62.8 Å². The number of azo groups is 3. The first-order valence-electron chi connectivity index (χ1n) is 21.1. The van der Waals surface area contributed by atoms with E-state index < -0.39 is 84.4 Å². The summed E-state index contributed by atoms with van der Waals surface area (Å²) in [4.78, 5) is 6.86. The molecular formula is C41H34N10O21S7. The molecule has 0 spiro atoms. The highest BCUT2D eigenvalue weighted by Crippen LogP contribution is 2.49. The Morgan fingerprint density at radius 3 is 2.06 bits per heavy atom. The van der Waals surface area contributed by atoms with Crippen LogP contribution in [-0.2, 0) is 59.2 Å². The zero-order valence-corrected chi connectivity index (χ0v) is 45.4. The minimum absolute atomic E-state index is 0.0220. The summed E-state index contributed by atoms with van der Waals surface area (Å²) in [5.41, 5.74) is 0.0391. The van der Waals surface area contributed by atoms with Crippen LogP contribution in [0.1, 0.15) is 23.1 Å². The van der Waals surface area contributed by atoms with Crippen molar-refractivity contribution in [1.82, 2.24) is 14.4 Å². The van der Waals surface area contributed by atoms with Gasteiger partial charge in [0, 0.05) is 27.3 Å². The summed E-state index contributed by atoms with van der Waals surface area (Å²) in [6, 6.07) is 17.1. The number of aryl methyl sites for hydroxylation is 1. The van der Waals surface area contributed by atoms with Gasteiger partial charge in [-0.05, 0) is 74.4 Å². The number of nitriles is 1. The number of rotatable bonds is 19. The van der Waals surface area contributed by atoms with E-state index in [1.54, 1.807) is 31.2 Å². The fourth-order valence-electron chi connectivity index (χ4n) is 7.16. The fourth-order valence-corrected chi connectivity index (χ4v) is 11.1. The molecular weight excluding hydrogens is 1190 g/mol. The zero-order chi connectivity index (χ0) is 57.8.